The van der Waals surface area contributed by atoms with Crippen LogP contribution in [0, 0.1) is 0 Å². The first kappa shape index (κ1) is 13.9. The summed E-state index contributed by atoms with van der Waals surface area (Å²) in [6, 6.07) is 10.4. The van der Waals surface area contributed by atoms with Crippen molar-refractivity contribution in [3.63, 3.8) is 0 Å². The van der Waals surface area contributed by atoms with Gasteiger partial charge in [-0.05, 0) is 37.6 Å². The van der Waals surface area contributed by atoms with E-state index in [2.05, 4.69) is 42.6 Å². The van der Waals surface area contributed by atoms with E-state index in [-0.39, 0.29) is 6.04 Å². The summed E-state index contributed by atoms with van der Waals surface area (Å²) < 4.78 is 7.95. The second-order valence-corrected chi connectivity index (χ2v) is 5.21. The van der Waals surface area contributed by atoms with Crippen LogP contribution in [0.5, 0.6) is 0 Å². The van der Waals surface area contributed by atoms with Crippen molar-refractivity contribution in [1.29, 1.82) is 0 Å². The van der Waals surface area contributed by atoms with E-state index in [0.717, 1.165) is 36.2 Å². The molecule has 0 saturated heterocycles. The zero-order valence-electron chi connectivity index (χ0n) is 12.5. The first-order valence-electron chi connectivity index (χ1n) is 7.53. The molecule has 21 heavy (non-hydrogen) atoms. The van der Waals surface area contributed by atoms with Gasteiger partial charge in [0, 0.05) is 18.1 Å². The highest BCUT2D eigenvalue weighted by Gasteiger charge is 2.16. The molecule has 0 amide bonds. The number of nitrogens with zero attached hydrogens (tertiary/aromatic N) is 2. The highest BCUT2D eigenvalue weighted by Crippen LogP contribution is 2.26. The second kappa shape index (κ2) is 6.14. The van der Waals surface area contributed by atoms with Crippen molar-refractivity contribution in [2.24, 2.45) is 0 Å². The molecule has 0 aliphatic rings. The van der Waals surface area contributed by atoms with Crippen molar-refractivity contribution in [3.8, 4) is 0 Å². The summed E-state index contributed by atoms with van der Waals surface area (Å²) in [6.07, 6.45) is 4.93. The minimum absolute atomic E-state index is 0.178. The van der Waals surface area contributed by atoms with Crippen LogP contribution in [-0.4, -0.2) is 16.3 Å². The van der Waals surface area contributed by atoms with Crippen LogP contribution in [0.3, 0.4) is 0 Å². The van der Waals surface area contributed by atoms with E-state index >= 15 is 0 Å². The van der Waals surface area contributed by atoms with Gasteiger partial charge in [0.05, 0.1) is 12.2 Å². The smallest absolute Gasteiger partial charge is 0.134 e. The molecule has 0 aliphatic heterocycles. The van der Waals surface area contributed by atoms with Crippen LogP contribution < -0.4 is 5.32 Å². The standard InChI is InChI=1S/C17H21N3O/c1-3-18-15(9-13-11-19-20(4-2)12-13)17-10-14-7-5-6-8-16(14)21-17/h5-8,10-12,15,18H,3-4,9H2,1-2H3. The zero-order chi connectivity index (χ0) is 14.7. The Kier molecular flexibility index (Phi) is 4.06. The zero-order valence-corrected chi connectivity index (χ0v) is 12.5. The molecule has 0 bridgehead atoms. The lowest BCUT2D eigenvalue weighted by molar-refractivity contribution is 0.435. The summed E-state index contributed by atoms with van der Waals surface area (Å²) in [4.78, 5) is 0. The van der Waals surface area contributed by atoms with Crippen molar-refractivity contribution in [2.45, 2.75) is 32.9 Å². The van der Waals surface area contributed by atoms with Crippen LogP contribution in [0.2, 0.25) is 0 Å². The number of furan rings is 1. The van der Waals surface area contributed by atoms with Crippen LogP contribution in [0.15, 0.2) is 47.1 Å². The van der Waals surface area contributed by atoms with Gasteiger partial charge >= 0.3 is 0 Å². The van der Waals surface area contributed by atoms with Gasteiger partial charge in [-0.2, -0.15) is 5.10 Å². The maximum absolute atomic E-state index is 6.00. The normalized spacial score (nSPS) is 12.9. The number of hydrogen-bond donors (Lipinski definition) is 1. The second-order valence-electron chi connectivity index (χ2n) is 5.21. The molecule has 1 unspecified atom stereocenters. The molecule has 1 N–H and O–H groups in total. The van der Waals surface area contributed by atoms with Gasteiger partial charge < -0.3 is 9.73 Å². The highest BCUT2D eigenvalue weighted by atomic mass is 16.3. The van der Waals surface area contributed by atoms with E-state index in [9.17, 15) is 0 Å². The van der Waals surface area contributed by atoms with Gasteiger partial charge in [0.2, 0.25) is 0 Å². The molecule has 2 aromatic heterocycles. The van der Waals surface area contributed by atoms with Gasteiger partial charge in [-0.15, -0.1) is 0 Å². The molecule has 0 fully saturated rings. The molecule has 2 heterocycles. The lowest BCUT2D eigenvalue weighted by atomic mass is 10.1. The fourth-order valence-corrected chi connectivity index (χ4v) is 2.61. The average molecular weight is 283 g/mol. The third-order valence-corrected chi connectivity index (χ3v) is 3.69. The molecular weight excluding hydrogens is 262 g/mol. The SMILES string of the molecule is CCNC(Cc1cnn(CC)c1)c1cc2ccccc2o1. The van der Waals surface area contributed by atoms with E-state index in [4.69, 9.17) is 4.42 Å². The molecule has 3 aromatic rings. The van der Waals surface area contributed by atoms with Crippen molar-refractivity contribution in [1.82, 2.24) is 15.1 Å². The van der Waals surface area contributed by atoms with E-state index in [1.807, 2.05) is 29.1 Å². The number of aryl methyl sites for hydroxylation is 1. The Morgan fingerprint density at radius 1 is 1.29 bits per heavy atom. The molecule has 4 nitrogen and oxygen atoms in total. The fraction of sp³-hybridized carbons (Fsp3) is 0.353. The quantitative estimate of drug-likeness (QED) is 0.752. The third-order valence-electron chi connectivity index (χ3n) is 3.69. The van der Waals surface area contributed by atoms with E-state index < -0.39 is 0 Å². The molecule has 0 radical (unpaired) electrons. The lowest BCUT2D eigenvalue weighted by Gasteiger charge is -2.14. The number of benzene rings is 1. The number of likely N-dealkylation sites (N-methyl/N-ethyl adjacent to an activating group) is 1. The van der Waals surface area contributed by atoms with Crippen molar-refractivity contribution in [2.75, 3.05) is 6.54 Å². The molecule has 1 aromatic carbocycles. The Morgan fingerprint density at radius 3 is 2.86 bits per heavy atom. The third kappa shape index (κ3) is 3.00. The van der Waals surface area contributed by atoms with Gasteiger partial charge in [-0.3, -0.25) is 4.68 Å². The molecule has 4 heteroatoms. The van der Waals surface area contributed by atoms with E-state index in [1.165, 1.54) is 5.56 Å². The van der Waals surface area contributed by atoms with Crippen molar-refractivity contribution in [3.05, 3.63) is 54.0 Å². The molecule has 0 aliphatic carbocycles. The maximum atomic E-state index is 6.00. The number of fused-ring (bicyclic) bond motifs is 1. The predicted molar refractivity (Wildman–Crippen MR) is 84.2 cm³/mol. The number of para-hydroxylation sites is 1. The Labute approximate surface area is 124 Å². The summed E-state index contributed by atoms with van der Waals surface area (Å²) in [5.41, 5.74) is 2.17. The molecule has 1 atom stereocenters. The highest BCUT2D eigenvalue weighted by molar-refractivity contribution is 5.77. The number of nitrogens with one attached hydrogen (secondary N) is 1. The van der Waals surface area contributed by atoms with Gasteiger partial charge in [-0.25, -0.2) is 0 Å². The minimum atomic E-state index is 0.178. The molecule has 3 rings (SSSR count). The van der Waals surface area contributed by atoms with Gasteiger partial charge in [0.25, 0.3) is 0 Å². The summed E-state index contributed by atoms with van der Waals surface area (Å²) in [5, 5.41) is 9.00. The number of hydrogen-bond acceptors (Lipinski definition) is 3. The summed E-state index contributed by atoms with van der Waals surface area (Å²) in [7, 11) is 0. The molecule has 110 valence electrons. The van der Waals surface area contributed by atoms with Crippen LogP contribution >= 0.6 is 0 Å². The van der Waals surface area contributed by atoms with Crippen LogP contribution in [0.25, 0.3) is 11.0 Å². The van der Waals surface area contributed by atoms with E-state index in [0.29, 0.717) is 0 Å². The predicted octanol–water partition coefficient (Wildman–Crippen LogP) is 3.54. The topological polar surface area (TPSA) is 43.0 Å². The Morgan fingerprint density at radius 2 is 2.14 bits per heavy atom. The van der Waals surface area contributed by atoms with Crippen molar-refractivity contribution < 1.29 is 4.42 Å². The average Bonchev–Trinajstić information content (AvgIpc) is 3.12. The molecular formula is C17H21N3O. The Hall–Kier alpha value is -2.07. The largest absolute Gasteiger partial charge is 0.459 e. The Balaban J connectivity index is 1.86. The summed E-state index contributed by atoms with van der Waals surface area (Å²) in [6.45, 7) is 6.02. The van der Waals surface area contributed by atoms with Crippen LogP contribution in [0.4, 0.5) is 0 Å². The van der Waals surface area contributed by atoms with E-state index in [1.54, 1.807) is 0 Å². The number of aromatic nitrogens is 2. The summed E-state index contributed by atoms with van der Waals surface area (Å²) in [5.74, 6) is 0.988. The van der Waals surface area contributed by atoms with Gasteiger partial charge in [-0.1, -0.05) is 25.1 Å². The van der Waals surface area contributed by atoms with Crippen molar-refractivity contribution >= 4 is 11.0 Å². The fourth-order valence-electron chi connectivity index (χ4n) is 2.61. The van der Waals surface area contributed by atoms with Gasteiger partial charge in [0.1, 0.15) is 11.3 Å². The first-order chi connectivity index (χ1) is 10.3. The van der Waals surface area contributed by atoms with Crippen LogP contribution in [0.1, 0.15) is 31.2 Å². The maximum Gasteiger partial charge on any atom is 0.134 e. The van der Waals surface area contributed by atoms with Gasteiger partial charge in [0.15, 0.2) is 0 Å². The molecule has 0 saturated carbocycles. The summed E-state index contributed by atoms with van der Waals surface area (Å²) >= 11 is 0. The Bertz CT molecular complexity index is 680. The lowest BCUT2D eigenvalue weighted by Crippen LogP contribution is -2.22. The minimum Gasteiger partial charge on any atom is -0.459 e. The van der Waals surface area contributed by atoms with Crippen LogP contribution in [-0.2, 0) is 13.0 Å². The monoisotopic (exact) mass is 283 g/mol. The molecule has 0 spiro atoms. The first-order valence-corrected chi connectivity index (χ1v) is 7.53. The number of rotatable bonds is 6.